The molecule has 3 heterocycles. The molecule has 0 amide bonds. The molecule has 4 aromatic rings. The van der Waals surface area contributed by atoms with Crippen LogP contribution in [0.25, 0.3) is 33.2 Å². The first-order valence-corrected chi connectivity index (χ1v) is 6.89. The summed E-state index contributed by atoms with van der Waals surface area (Å²) in [6, 6.07) is 7.48. The van der Waals surface area contributed by atoms with E-state index in [2.05, 4.69) is 20.1 Å². The second kappa shape index (κ2) is 4.88. The van der Waals surface area contributed by atoms with Crippen molar-refractivity contribution in [3.8, 4) is 17.1 Å². The van der Waals surface area contributed by atoms with Crippen LogP contribution in [-0.2, 0) is 0 Å². The van der Waals surface area contributed by atoms with E-state index in [0.717, 1.165) is 0 Å². The molecular weight excluding hydrogens is 314 g/mol. The van der Waals surface area contributed by atoms with Crippen molar-refractivity contribution in [1.82, 2.24) is 15.0 Å². The highest BCUT2D eigenvalue weighted by Crippen LogP contribution is 2.44. The fraction of sp³-hybridized carbons (Fsp3) is 0. The third-order valence-corrected chi connectivity index (χ3v) is 3.86. The molecule has 3 N–H and O–H groups in total. The number of nitro benzene ring substituents is 1. The van der Waals surface area contributed by atoms with Crippen LogP contribution in [-0.4, -0.2) is 25.0 Å². The Bertz CT molecular complexity index is 1130. The number of hydrogen-bond donors (Lipinski definition) is 3. The third-order valence-electron chi connectivity index (χ3n) is 3.86. The first-order chi connectivity index (χ1) is 11.6. The van der Waals surface area contributed by atoms with Crippen molar-refractivity contribution in [2.75, 3.05) is 0 Å². The van der Waals surface area contributed by atoms with Gasteiger partial charge in [-0.25, -0.2) is 4.98 Å². The molecule has 9 nitrogen and oxygen atoms in total. The monoisotopic (exact) mass is 323 g/mol. The fourth-order valence-corrected chi connectivity index (χ4v) is 2.82. The highest BCUT2D eigenvalue weighted by molar-refractivity contribution is 6.07. The molecule has 24 heavy (non-hydrogen) atoms. The topological polar surface area (TPSA) is 137 Å². The summed E-state index contributed by atoms with van der Waals surface area (Å²) in [4.78, 5) is 31.6. The SMILES string of the molecule is O=Nc1c(-c2c(O)[nH]c3ccc([N+](=O)[O-])cc23)[nH]c2ncccc12. The van der Waals surface area contributed by atoms with Gasteiger partial charge in [-0.05, 0) is 23.4 Å². The summed E-state index contributed by atoms with van der Waals surface area (Å²) in [5.74, 6) is -0.220. The Hall–Kier alpha value is -3.75. The minimum atomic E-state index is -0.529. The lowest BCUT2D eigenvalue weighted by Crippen LogP contribution is -1.87. The van der Waals surface area contributed by atoms with Gasteiger partial charge in [0.25, 0.3) is 5.69 Å². The van der Waals surface area contributed by atoms with E-state index in [1.165, 1.54) is 18.2 Å². The zero-order valence-corrected chi connectivity index (χ0v) is 12.0. The minimum Gasteiger partial charge on any atom is -0.494 e. The summed E-state index contributed by atoms with van der Waals surface area (Å²) >= 11 is 0. The van der Waals surface area contributed by atoms with Crippen LogP contribution in [0.2, 0.25) is 0 Å². The molecule has 0 aliphatic rings. The predicted octanol–water partition coefficient (Wildman–Crippen LogP) is 3.72. The van der Waals surface area contributed by atoms with Crippen molar-refractivity contribution in [2.45, 2.75) is 0 Å². The minimum absolute atomic E-state index is 0.0841. The number of aromatic hydroxyl groups is 1. The number of pyridine rings is 1. The van der Waals surface area contributed by atoms with E-state index in [9.17, 15) is 20.1 Å². The lowest BCUT2D eigenvalue weighted by molar-refractivity contribution is -0.384. The number of benzene rings is 1. The van der Waals surface area contributed by atoms with Crippen molar-refractivity contribution >= 4 is 33.3 Å². The molecule has 9 heteroatoms. The van der Waals surface area contributed by atoms with E-state index >= 15 is 0 Å². The van der Waals surface area contributed by atoms with E-state index in [4.69, 9.17) is 0 Å². The van der Waals surface area contributed by atoms with Crippen LogP contribution in [0.1, 0.15) is 0 Å². The van der Waals surface area contributed by atoms with Crippen molar-refractivity contribution in [3.63, 3.8) is 0 Å². The van der Waals surface area contributed by atoms with Gasteiger partial charge in [0, 0.05) is 34.6 Å². The Morgan fingerprint density at radius 3 is 2.79 bits per heavy atom. The fourth-order valence-electron chi connectivity index (χ4n) is 2.82. The molecular formula is C15H9N5O4. The van der Waals surface area contributed by atoms with Crippen LogP contribution < -0.4 is 0 Å². The second-order valence-corrected chi connectivity index (χ2v) is 5.18. The average Bonchev–Trinajstić information content (AvgIpc) is 3.09. The summed E-state index contributed by atoms with van der Waals surface area (Å²) in [5.41, 5.74) is 1.38. The summed E-state index contributed by atoms with van der Waals surface area (Å²) in [6.45, 7) is 0. The number of fused-ring (bicyclic) bond motifs is 2. The van der Waals surface area contributed by atoms with Gasteiger partial charge in [-0.1, -0.05) is 0 Å². The molecule has 0 atom stereocenters. The van der Waals surface area contributed by atoms with Crippen LogP contribution in [0, 0.1) is 15.0 Å². The molecule has 3 aromatic heterocycles. The quantitative estimate of drug-likeness (QED) is 0.300. The zero-order chi connectivity index (χ0) is 16.8. The van der Waals surface area contributed by atoms with Crippen LogP contribution in [0.5, 0.6) is 5.88 Å². The smallest absolute Gasteiger partial charge is 0.270 e. The van der Waals surface area contributed by atoms with Crippen molar-refractivity contribution < 1.29 is 10.0 Å². The van der Waals surface area contributed by atoms with Gasteiger partial charge in [0.2, 0.25) is 0 Å². The molecule has 0 fully saturated rings. The van der Waals surface area contributed by atoms with E-state index in [1.54, 1.807) is 18.3 Å². The lowest BCUT2D eigenvalue weighted by Gasteiger charge is -1.99. The molecule has 0 aliphatic heterocycles. The number of H-pyrrole nitrogens is 2. The zero-order valence-electron chi connectivity index (χ0n) is 12.0. The number of rotatable bonds is 3. The number of nitro groups is 1. The van der Waals surface area contributed by atoms with Crippen LogP contribution in [0.3, 0.4) is 0 Å². The summed E-state index contributed by atoms with van der Waals surface area (Å²) in [6.07, 6.45) is 1.55. The first kappa shape index (κ1) is 13.9. The third kappa shape index (κ3) is 1.85. The van der Waals surface area contributed by atoms with Crippen molar-refractivity contribution in [2.24, 2.45) is 5.18 Å². The molecule has 0 radical (unpaired) electrons. The molecule has 0 saturated heterocycles. The van der Waals surface area contributed by atoms with Crippen LogP contribution in [0.4, 0.5) is 11.4 Å². The van der Waals surface area contributed by atoms with Gasteiger partial charge in [0.05, 0.1) is 16.2 Å². The predicted molar refractivity (Wildman–Crippen MR) is 87.2 cm³/mol. The number of aromatic amines is 2. The van der Waals surface area contributed by atoms with E-state index in [-0.39, 0.29) is 28.5 Å². The van der Waals surface area contributed by atoms with Crippen molar-refractivity contribution in [1.29, 1.82) is 0 Å². The highest BCUT2D eigenvalue weighted by Gasteiger charge is 2.22. The molecule has 118 valence electrons. The molecule has 1 aromatic carbocycles. The maximum absolute atomic E-state index is 11.3. The van der Waals surface area contributed by atoms with Gasteiger partial charge >= 0.3 is 0 Å². The number of aromatic nitrogens is 3. The van der Waals surface area contributed by atoms with Gasteiger partial charge < -0.3 is 15.1 Å². The Kier molecular flexibility index (Phi) is 2.82. The largest absolute Gasteiger partial charge is 0.494 e. The van der Waals surface area contributed by atoms with Gasteiger partial charge in [-0.3, -0.25) is 10.1 Å². The van der Waals surface area contributed by atoms with Crippen molar-refractivity contribution in [3.05, 3.63) is 51.6 Å². The maximum Gasteiger partial charge on any atom is 0.270 e. The Morgan fingerprint density at radius 1 is 1.21 bits per heavy atom. The van der Waals surface area contributed by atoms with Crippen LogP contribution >= 0.6 is 0 Å². The molecule has 0 aliphatic carbocycles. The lowest BCUT2D eigenvalue weighted by atomic mass is 10.1. The van der Waals surface area contributed by atoms with Gasteiger partial charge in [0.1, 0.15) is 11.3 Å². The molecule has 0 bridgehead atoms. The Labute approximate surface area is 133 Å². The summed E-state index contributed by atoms with van der Waals surface area (Å²) in [7, 11) is 0. The van der Waals surface area contributed by atoms with Gasteiger partial charge in [0.15, 0.2) is 5.88 Å². The van der Waals surface area contributed by atoms with Gasteiger partial charge in [-0.15, -0.1) is 4.91 Å². The number of nitrogens with one attached hydrogen (secondary N) is 2. The maximum atomic E-state index is 11.3. The standard InChI is InChI=1S/C15H9N5O4/c21-15-11(9-6-7(20(23)24)3-4-10(9)17-15)13-12(19-22)8-2-1-5-16-14(8)18-13/h1-6,17,21H,(H,16,18). The number of hydrogen-bond acceptors (Lipinski definition) is 6. The molecule has 0 spiro atoms. The van der Waals surface area contributed by atoms with E-state index < -0.39 is 4.92 Å². The molecule has 0 saturated carbocycles. The Balaban J connectivity index is 2.09. The summed E-state index contributed by atoms with van der Waals surface area (Å²) in [5, 5.41) is 25.2. The average molecular weight is 323 g/mol. The van der Waals surface area contributed by atoms with E-state index in [1.807, 2.05) is 0 Å². The first-order valence-electron chi connectivity index (χ1n) is 6.89. The second-order valence-electron chi connectivity index (χ2n) is 5.18. The summed E-state index contributed by atoms with van der Waals surface area (Å²) < 4.78 is 0. The molecule has 4 rings (SSSR count). The van der Waals surface area contributed by atoms with Gasteiger partial charge in [-0.2, -0.15) is 0 Å². The van der Waals surface area contributed by atoms with E-state index in [0.29, 0.717) is 21.9 Å². The number of non-ortho nitro benzene ring substituents is 1. The highest BCUT2D eigenvalue weighted by atomic mass is 16.6. The molecule has 0 unspecified atom stereocenters. The normalized spacial score (nSPS) is 11.2. The number of nitroso groups, excluding NO2 is 1. The Morgan fingerprint density at radius 2 is 2.04 bits per heavy atom. The number of nitrogens with zero attached hydrogens (tertiary/aromatic N) is 3. The van der Waals surface area contributed by atoms with Crippen LogP contribution in [0.15, 0.2) is 41.7 Å².